The maximum atomic E-state index is 13.3. The van der Waals surface area contributed by atoms with E-state index in [0.29, 0.717) is 36.3 Å². The molecule has 1 saturated heterocycles. The van der Waals surface area contributed by atoms with E-state index in [2.05, 4.69) is 15.9 Å². The van der Waals surface area contributed by atoms with Gasteiger partial charge >= 0.3 is 5.69 Å². The molecule has 34 heavy (non-hydrogen) atoms. The summed E-state index contributed by atoms with van der Waals surface area (Å²) < 4.78 is 8.39. The molecule has 0 N–H and O–H groups in total. The molecule has 0 aliphatic carbocycles. The van der Waals surface area contributed by atoms with Crippen molar-refractivity contribution in [3.05, 3.63) is 62.8 Å². The molecule has 0 bridgehead atoms. The van der Waals surface area contributed by atoms with Gasteiger partial charge in [-0.1, -0.05) is 12.1 Å². The average Bonchev–Trinajstić information content (AvgIpc) is 3.12. The first-order chi connectivity index (χ1) is 16.6. The number of ether oxygens (including phenoxy) is 1. The summed E-state index contributed by atoms with van der Waals surface area (Å²) in [7, 11) is 3.40. The molecule has 5 rings (SSSR count). The number of piperazine rings is 1. The van der Waals surface area contributed by atoms with E-state index in [1.807, 2.05) is 24.3 Å². The van der Waals surface area contributed by atoms with Gasteiger partial charge in [-0.15, -0.1) is 0 Å². The Bertz CT molecular complexity index is 1310. The van der Waals surface area contributed by atoms with Crippen LogP contribution in [0.25, 0.3) is 10.9 Å². The highest BCUT2D eigenvalue weighted by atomic mass is 17.2. The number of para-hydroxylation sites is 2. The second-order valence-corrected chi connectivity index (χ2v) is 8.78. The number of aryl methyl sites for hydroxylation is 2. The lowest BCUT2D eigenvalue weighted by atomic mass is 10.1. The van der Waals surface area contributed by atoms with E-state index >= 15 is 0 Å². The summed E-state index contributed by atoms with van der Waals surface area (Å²) in [6.45, 7) is 4.87. The van der Waals surface area contributed by atoms with Gasteiger partial charge in [-0.25, -0.2) is 4.79 Å². The van der Waals surface area contributed by atoms with Crippen molar-refractivity contribution in [2.45, 2.75) is 19.4 Å². The highest BCUT2D eigenvalue weighted by molar-refractivity contribution is 5.81. The minimum absolute atomic E-state index is 0.290. The van der Waals surface area contributed by atoms with E-state index in [0.717, 1.165) is 56.0 Å². The minimum Gasteiger partial charge on any atom is -0.495 e. The molecule has 3 heterocycles. The molecular formula is C25H30N4O5. The average molecular weight is 467 g/mol. The van der Waals surface area contributed by atoms with Crippen molar-refractivity contribution in [2.75, 3.05) is 51.3 Å². The molecule has 0 amide bonds. The fraction of sp³-hybridized carbons (Fsp3) is 0.440. The van der Waals surface area contributed by atoms with Gasteiger partial charge in [-0.3, -0.25) is 18.8 Å². The lowest BCUT2D eigenvalue weighted by Crippen LogP contribution is -2.49. The molecule has 1 aromatic heterocycles. The van der Waals surface area contributed by atoms with Gasteiger partial charge in [-0.2, -0.15) is 4.89 Å². The van der Waals surface area contributed by atoms with Crippen molar-refractivity contribution in [3.63, 3.8) is 0 Å². The zero-order valence-electron chi connectivity index (χ0n) is 19.7. The summed E-state index contributed by atoms with van der Waals surface area (Å²) in [5.74, 6) is 1.43. The van der Waals surface area contributed by atoms with Crippen LogP contribution in [0.2, 0.25) is 0 Å². The van der Waals surface area contributed by atoms with Gasteiger partial charge in [-0.05, 0) is 37.1 Å². The van der Waals surface area contributed by atoms with Gasteiger partial charge in [0, 0.05) is 51.9 Å². The number of hydrogen-bond acceptors (Lipinski definition) is 7. The molecule has 0 saturated carbocycles. The van der Waals surface area contributed by atoms with Crippen molar-refractivity contribution < 1.29 is 14.5 Å². The Labute approximate surface area is 197 Å². The molecule has 0 radical (unpaired) electrons. The highest BCUT2D eigenvalue weighted by Crippen LogP contribution is 2.29. The van der Waals surface area contributed by atoms with Gasteiger partial charge < -0.3 is 14.5 Å². The van der Waals surface area contributed by atoms with Gasteiger partial charge in [0.1, 0.15) is 5.75 Å². The van der Waals surface area contributed by atoms with E-state index in [-0.39, 0.29) is 11.2 Å². The number of benzene rings is 2. The number of hydrogen-bond donors (Lipinski definition) is 0. The van der Waals surface area contributed by atoms with Gasteiger partial charge in [0.05, 0.1) is 30.3 Å². The van der Waals surface area contributed by atoms with Gasteiger partial charge in [0.2, 0.25) is 0 Å². The van der Waals surface area contributed by atoms with Gasteiger partial charge in [0.15, 0.2) is 5.75 Å². The van der Waals surface area contributed by atoms with E-state index in [1.165, 1.54) is 4.57 Å². The fourth-order valence-electron chi connectivity index (χ4n) is 4.82. The normalized spacial score (nSPS) is 16.7. The van der Waals surface area contributed by atoms with E-state index in [4.69, 9.17) is 14.5 Å². The minimum atomic E-state index is -0.295. The third-order valence-corrected chi connectivity index (χ3v) is 6.79. The van der Waals surface area contributed by atoms with Crippen molar-refractivity contribution in [1.29, 1.82) is 0 Å². The van der Waals surface area contributed by atoms with Crippen LogP contribution >= 0.6 is 0 Å². The van der Waals surface area contributed by atoms with Crippen molar-refractivity contribution >= 4 is 16.6 Å². The molecule has 2 aliphatic heterocycles. The summed E-state index contributed by atoms with van der Waals surface area (Å²) in [5.41, 5.74) is 2.08. The Morgan fingerprint density at radius 2 is 1.82 bits per heavy atom. The monoisotopic (exact) mass is 466 g/mol. The van der Waals surface area contributed by atoms with Crippen LogP contribution in [0.4, 0.5) is 5.69 Å². The summed E-state index contributed by atoms with van der Waals surface area (Å²) in [6, 6.07) is 11.6. The molecule has 0 unspecified atom stereocenters. The van der Waals surface area contributed by atoms with Crippen LogP contribution in [0.5, 0.6) is 11.5 Å². The summed E-state index contributed by atoms with van der Waals surface area (Å²) in [6.07, 6.45) is 1.61. The lowest BCUT2D eigenvalue weighted by Gasteiger charge is -2.36. The summed E-state index contributed by atoms with van der Waals surface area (Å²) >= 11 is 0. The van der Waals surface area contributed by atoms with E-state index in [9.17, 15) is 9.59 Å². The van der Waals surface area contributed by atoms with Crippen molar-refractivity contribution in [3.8, 4) is 11.5 Å². The summed E-state index contributed by atoms with van der Waals surface area (Å²) in [5, 5.41) is 0.465. The number of fused-ring (bicyclic) bond motifs is 2. The highest BCUT2D eigenvalue weighted by Gasteiger charge is 2.21. The second-order valence-electron chi connectivity index (χ2n) is 8.78. The Morgan fingerprint density at radius 1 is 1.03 bits per heavy atom. The quantitative estimate of drug-likeness (QED) is 0.531. The molecule has 1 fully saturated rings. The van der Waals surface area contributed by atoms with Crippen LogP contribution in [0, 0.1) is 0 Å². The molecule has 2 aromatic carbocycles. The molecule has 2 aliphatic rings. The van der Waals surface area contributed by atoms with Crippen LogP contribution in [-0.2, 0) is 24.9 Å². The maximum Gasteiger partial charge on any atom is 0.331 e. The number of aromatic nitrogens is 2. The standard InChI is InChI=1S/C25H30N4O5/c1-26-21-16-18-6-5-15-33-34-23(18)17-19(21)24(30)29(25(26)31)14-11-27-9-12-28(13-10-27)20-7-3-4-8-22(20)32-2/h3-4,7-8,16-17H,5-6,9-15H2,1-2H3. The lowest BCUT2D eigenvalue weighted by molar-refractivity contribution is -0.203. The molecule has 9 heteroatoms. The first kappa shape index (κ1) is 22.5. The van der Waals surface area contributed by atoms with E-state index in [1.54, 1.807) is 24.8 Å². The largest absolute Gasteiger partial charge is 0.495 e. The molecule has 9 nitrogen and oxygen atoms in total. The second kappa shape index (κ2) is 9.52. The van der Waals surface area contributed by atoms with Crippen LogP contribution in [0.3, 0.4) is 0 Å². The van der Waals surface area contributed by atoms with Crippen LogP contribution < -0.4 is 25.8 Å². The van der Waals surface area contributed by atoms with Crippen LogP contribution in [0.15, 0.2) is 46.0 Å². The Hall–Kier alpha value is -3.30. The SMILES string of the molecule is COc1ccccc1N1CCN(CCn2c(=O)c3cc4c(cc3n(C)c2=O)CCCOO4)CC1. The zero-order valence-corrected chi connectivity index (χ0v) is 19.7. The number of anilines is 1. The van der Waals surface area contributed by atoms with Crippen molar-refractivity contribution in [2.24, 2.45) is 7.05 Å². The molecule has 0 spiro atoms. The first-order valence-corrected chi connectivity index (χ1v) is 11.7. The van der Waals surface area contributed by atoms with Crippen LogP contribution in [-0.4, -0.2) is 60.5 Å². The molecule has 0 atom stereocenters. The molecule has 180 valence electrons. The number of rotatable bonds is 5. The molecular weight excluding hydrogens is 436 g/mol. The summed E-state index contributed by atoms with van der Waals surface area (Å²) in [4.78, 5) is 41.5. The number of nitrogens with zero attached hydrogens (tertiary/aromatic N) is 4. The zero-order chi connectivity index (χ0) is 23.7. The Kier molecular flexibility index (Phi) is 6.30. The number of methoxy groups -OCH3 is 1. The predicted octanol–water partition coefficient (Wildman–Crippen LogP) is 1.79. The Morgan fingerprint density at radius 3 is 2.62 bits per heavy atom. The third-order valence-electron chi connectivity index (χ3n) is 6.79. The van der Waals surface area contributed by atoms with Crippen molar-refractivity contribution in [1.82, 2.24) is 14.0 Å². The first-order valence-electron chi connectivity index (χ1n) is 11.7. The Balaban J connectivity index is 1.33. The van der Waals surface area contributed by atoms with Crippen LogP contribution in [0.1, 0.15) is 12.0 Å². The molecule has 3 aromatic rings. The van der Waals surface area contributed by atoms with E-state index < -0.39 is 0 Å². The van der Waals surface area contributed by atoms with Gasteiger partial charge in [0.25, 0.3) is 5.56 Å². The topological polar surface area (TPSA) is 78.2 Å². The third kappa shape index (κ3) is 4.17. The maximum absolute atomic E-state index is 13.3. The fourth-order valence-corrected chi connectivity index (χ4v) is 4.82. The smallest absolute Gasteiger partial charge is 0.331 e. The predicted molar refractivity (Wildman–Crippen MR) is 130 cm³/mol.